The number of urea groups is 1. The molecule has 21 nitrogen and oxygen atoms in total. The van der Waals surface area contributed by atoms with Gasteiger partial charge in [0.05, 0.1) is 54.8 Å². The van der Waals surface area contributed by atoms with Crippen molar-refractivity contribution < 1.29 is 60.4 Å². The van der Waals surface area contributed by atoms with E-state index in [9.17, 15) is 41.4 Å². The van der Waals surface area contributed by atoms with Gasteiger partial charge in [0.25, 0.3) is 0 Å². The maximum Gasteiger partial charge on any atom is 0.410 e. The molecule has 2 unspecified atom stereocenters. The van der Waals surface area contributed by atoms with Crippen LogP contribution in [0.25, 0.3) is 22.5 Å². The van der Waals surface area contributed by atoms with E-state index in [2.05, 4.69) is 20.0 Å². The number of fused-ring (bicyclic) bond motifs is 1. The van der Waals surface area contributed by atoms with E-state index in [-0.39, 0.29) is 48.1 Å². The summed E-state index contributed by atoms with van der Waals surface area (Å²) < 4.78 is 75.2. The van der Waals surface area contributed by atoms with Gasteiger partial charge in [0.1, 0.15) is 45.8 Å². The lowest BCUT2D eigenvalue weighted by Gasteiger charge is -2.36. The summed E-state index contributed by atoms with van der Waals surface area (Å²) in [5.74, 6) is 2.03. The molecule has 5 heterocycles. The summed E-state index contributed by atoms with van der Waals surface area (Å²) in [6, 6.07) is 13.0. The Morgan fingerprint density at radius 1 is 0.731 bits per heavy atom. The van der Waals surface area contributed by atoms with Crippen LogP contribution < -0.4 is 25.2 Å². The third-order valence-electron chi connectivity index (χ3n) is 13.9. The summed E-state index contributed by atoms with van der Waals surface area (Å²) in [5.41, 5.74) is 9.44. The Morgan fingerprint density at radius 2 is 1.21 bits per heavy atom. The van der Waals surface area contributed by atoms with E-state index in [1.165, 1.54) is 0 Å². The van der Waals surface area contributed by atoms with Crippen molar-refractivity contribution in [3.63, 3.8) is 0 Å². The van der Waals surface area contributed by atoms with Gasteiger partial charge < -0.3 is 44.7 Å². The topological polar surface area (TPSA) is 282 Å². The Bertz CT molecular complexity index is 3140. The van der Waals surface area contributed by atoms with Crippen LogP contribution in [0.4, 0.5) is 26.0 Å². The number of nitrogens with zero attached hydrogens (tertiary/aromatic N) is 5. The molecule has 23 heteroatoms. The maximum absolute atomic E-state index is 12.9. The molecule has 2 atom stereocenters. The number of amides is 4. The number of phenolic OH excluding ortho intramolecular Hbond substituents is 2. The number of nitrogen functional groups attached to an aromatic ring is 1. The maximum atomic E-state index is 12.9. The summed E-state index contributed by atoms with van der Waals surface area (Å²) in [6.45, 7) is 13.6. The molecular weight excluding hydrogens is 1040 g/mol. The largest absolute Gasteiger partial charge is 0.507 e. The first-order chi connectivity index (χ1) is 36.6. The molecule has 2 saturated heterocycles. The minimum atomic E-state index is -3.85. The van der Waals surface area contributed by atoms with Crippen LogP contribution in [0.5, 0.6) is 23.0 Å². The van der Waals surface area contributed by atoms with E-state index in [0.29, 0.717) is 103 Å². The molecule has 2 saturated carbocycles. The molecule has 9 rings (SSSR count). The van der Waals surface area contributed by atoms with Crippen LogP contribution in [0, 0.1) is 11.8 Å². The lowest BCUT2D eigenvalue weighted by atomic mass is 9.86. The molecule has 2 aromatic heterocycles. The zero-order chi connectivity index (χ0) is 56.5. The standard InChI is InChI=1S/C28H36N4O7S.C27H38N4O6S/c1-28(2,3)39-27(35)31-12-6-7-18(14-31)19-13-21(24-22(33)8-5-9-23(24)38-16-17-10-11-17)29-25-20(19)15-32(26(34)30-25)40(4,36)37;1-27(2,3)37-26(33)31-12-6-7-18(15-31)19-13-21(30-25(28)20(19)14-29-38(4,34)35)24-22(32)8-5-9-23(24)36-16-17-10-11-17/h5,8-9,13,17-18,33H,6-7,10-12,14-16H2,1-4H3,(H,29,30,34);5,8-9,13,17-18,29,32H,6-7,10-12,14-16H2,1-4H3,(H2,28,30). The van der Waals surface area contributed by atoms with Gasteiger partial charge in [-0.2, -0.15) is 0 Å². The smallest absolute Gasteiger partial charge is 0.410 e. The molecule has 4 fully saturated rings. The number of ether oxygens (including phenoxy) is 4. The highest BCUT2D eigenvalue weighted by molar-refractivity contribution is 7.89. The second-order valence-corrected chi connectivity index (χ2v) is 26.8. The second kappa shape index (κ2) is 23.0. The molecule has 2 aromatic carbocycles. The van der Waals surface area contributed by atoms with Gasteiger partial charge in [0.15, 0.2) is 0 Å². The van der Waals surface area contributed by atoms with E-state index >= 15 is 0 Å². The second-order valence-electron chi connectivity index (χ2n) is 23.0. The van der Waals surface area contributed by atoms with Gasteiger partial charge in [0.2, 0.25) is 20.0 Å². The number of hydrogen-bond acceptors (Lipinski definition) is 16. The van der Waals surface area contributed by atoms with E-state index in [1.54, 1.807) is 46.2 Å². The first-order valence-electron chi connectivity index (χ1n) is 26.5. The van der Waals surface area contributed by atoms with E-state index < -0.39 is 49.5 Å². The summed E-state index contributed by atoms with van der Waals surface area (Å²) in [6.07, 6.45) is 8.67. The Morgan fingerprint density at radius 3 is 1.67 bits per heavy atom. The quantitative estimate of drug-likeness (QED) is 0.0789. The van der Waals surface area contributed by atoms with Crippen molar-refractivity contribution in [2.45, 2.75) is 129 Å². The highest BCUT2D eigenvalue weighted by Crippen LogP contribution is 2.45. The van der Waals surface area contributed by atoms with Gasteiger partial charge >= 0.3 is 18.2 Å². The van der Waals surface area contributed by atoms with E-state index in [0.717, 1.165) is 72.9 Å². The van der Waals surface area contributed by atoms with Crippen LogP contribution in [0.1, 0.15) is 127 Å². The van der Waals surface area contributed by atoms with E-state index in [4.69, 9.17) is 24.7 Å². The number of sulfonamides is 2. The number of likely N-dealkylation sites (tertiary alicyclic amines) is 2. The summed E-state index contributed by atoms with van der Waals surface area (Å²) >= 11 is 0. The lowest BCUT2D eigenvalue weighted by molar-refractivity contribution is 0.0188. The predicted molar refractivity (Wildman–Crippen MR) is 294 cm³/mol. The van der Waals surface area contributed by atoms with Crippen molar-refractivity contribution >= 4 is 49.9 Å². The Balaban J connectivity index is 0.000000206. The minimum absolute atomic E-state index is 0.0113. The number of hydrogen-bond donors (Lipinski definition) is 5. The van der Waals surface area contributed by atoms with Gasteiger partial charge in [-0.15, -0.1) is 0 Å². The summed E-state index contributed by atoms with van der Waals surface area (Å²) in [5, 5.41) is 24.3. The molecule has 78 heavy (non-hydrogen) atoms. The molecular formula is C55H74N8O13S2. The number of aromatic nitrogens is 2. The van der Waals surface area contributed by atoms with Gasteiger partial charge in [0, 0.05) is 55.7 Å². The van der Waals surface area contributed by atoms with Crippen LogP contribution in [-0.2, 0) is 42.6 Å². The predicted octanol–water partition coefficient (Wildman–Crippen LogP) is 8.65. The molecule has 3 aliphatic heterocycles. The monoisotopic (exact) mass is 1120 g/mol. The molecule has 5 aliphatic rings. The fourth-order valence-electron chi connectivity index (χ4n) is 9.73. The lowest BCUT2D eigenvalue weighted by Crippen LogP contribution is -2.44. The number of piperidine rings is 2. The van der Waals surface area contributed by atoms with Crippen molar-refractivity contribution in [2.75, 3.05) is 63.0 Å². The number of nitrogens with two attached hydrogens (primary N) is 1. The minimum Gasteiger partial charge on any atom is -0.507 e. The third-order valence-corrected chi connectivity index (χ3v) is 15.7. The number of carbonyl (C=O) groups is 3. The molecule has 424 valence electrons. The van der Waals surface area contributed by atoms with Crippen molar-refractivity contribution in [3.05, 3.63) is 70.8 Å². The normalized spacial score (nSPS) is 19.0. The number of carbonyl (C=O) groups excluding carboxylic acids is 3. The molecule has 6 N–H and O–H groups in total. The number of phenols is 2. The fraction of sp³-hybridized carbons (Fsp3) is 0.545. The molecule has 0 bridgehead atoms. The average molecular weight is 1120 g/mol. The molecule has 4 aromatic rings. The van der Waals surface area contributed by atoms with Crippen LogP contribution in [-0.4, -0.2) is 132 Å². The number of aromatic hydroxyl groups is 2. The first-order valence-corrected chi connectivity index (χ1v) is 30.3. The SMILES string of the molecule is CC(C)(C)OC(=O)N1CCCC(c2cc(-c3c(O)cccc3OCC3CC3)nc(N)c2CNS(C)(=O)=O)C1.CC(C)(C)OC(=O)N1CCCC(c2cc(-c3c(O)cccc3OCC3CC3)nc3c2CN(S(C)(=O)=O)C(=O)N3)C1. The van der Waals surface area contributed by atoms with Crippen LogP contribution in [0.15, 0.2) is 48.5 Å². The van der Waals surface area contributed by atoms with Crippen molar-refractivity contribution in [2.24, 2.45) is 11.8 Å². The first kappa shape index (κ1) is 57.6. The van der Waals surface area contributed by atoms with Crippen LogP contribution in [0.3, 0.4) is 0 Å². The van der Waals surface area contributed by atoms with Crippen molar-refractivity contribution in [1.82, 2.24) is 28.8 Å². The zero-order valence-corrected chi connectivity index (χ0v) is 47.4. The average Bonchev–Trinajstić information content (AvgIpc) is 4.30. The fourth-order valence-corrected chi connectivity index (χ4v) is 10.8. The number of anilines is 2. The van der Waals surface area contributed by atoms with Gasteiger partial charge in [-0.25, -0.2) is 50.2 Å². The Hall–Kier alpha value is -6.59. The molecule has 4 amide bonds. The van der Waals surface area contributed by atoms with Gasteiger partial charge in [-0.05, 0) is 152 Å². The zero-order valence-electron chi connectivity index (χ0n) is 45.8. The summed E-state index contributed by atoms with van der Waals surface area (Å²) in [4.78, 5) is 51.1. The van der Waals surface area contributed by atoms with Crippen LogP contribution >= 0.6 is 0 Å². The van der Waals surface area contributed by atoms with Gasteiger partial charge in [-0.1, -0.05) is 12.1 Å². The van der Waals surface area contributed by atoms with Crippen LogP contribution in [0.2, 0.25) is 0 Å². The highest BCUT2D eigenvalue weighted by Gasteiger charge is 2.38. The Labute approximate surface area is 457 Å². The highest BCUT2D eigenvalue weighted by atomic mass is 32.2. The number of pyridine rings is 2. The molecule has 0 radical (unpaired) electrons. The molecule has 0 spiro atoms. The van der Waals surface area contributed by atoms with E-state index in [1.807, 2.05) is 53.7 Å². The van der Waals surface area contributed by atoms with Crippen molar-refractivity contribution in [3.8, 4) is 45.5 Å². The molecule has 2 aliphatic carbocycles. The number of benzene rings is 2. The number of nitrogens with one attached hydrogen (secondary N) is 2. The third kappa shape index (κ3) is 14.9. The summed E-state index contributed by atoms with van der Waals surface area (Å²) in [7, 11) is -7.34. The van der Waals surface area contributed by atoms with Gasteiger partial charge in [-0.3, -0.25) is 5.32 Å². The van der Waals surface area contributed by atoms with Crippen molar-refractivity contribution in [1.29, 1.82) is 0 Å². The number of rotatable bonds is 14. The Kier molecular flexibility index (Phi) is 17.0.